The molecule has 7 heteroatoms. The average molecular weight is 297 g/mol. The molecule has 2 rings (SSSR count). The van der Waals surface area contributed by atoms with Crippen molar-refractivity contribution in [3.63, 3.8) is 0 Å². The second-order valence-electron chi connectivity index (χ2n) is 5.02. The molecule has 1 saturated heterocycles. The van der Waals surface area contributed by atoms with Crippen LogP contribution >= 0.6 is 11.3 Å². The summed E-state index contributed by atoms with van der Waals surface area (Å²) in [6, 6.07) is 0. The third-order valence-corrected chi connectivity index (χ3v) is 4.30. The van der Waals surface area contributed by atoms with E-state index in [2.05, 4.69) is 15.3 Å². The van der Waals surface area contributed by atoms with Crippen molar-refractivity contribution in [3.8, 4) is 0 Å². The molecule has 110 valence electrons. The third kappa shape index (κ3) is 3.55. The van der Waals surface area contributed by atoms with Gasteiger partial charge in [-0.2, -0.15) is 0 Å². The fraction of sp³-hybridized carbons (Fsp3) is 0.615. The summed E-state index contributed by atoms with van der Waals surface area (Å²) >= 11 is 1.64. The Kier molecular flexibility index (Phi) is 4.72. The van der Waals surface area contributed by atoms with Gasteiger partial charge in [-0.1, -0.05) is 0 Å². The first kappa shape index (κ1) is 14.9. The van der Waals surface area contributed by atoms with Gasteiger partial charge >= 0.3 is 5.97 Å². The Morgan fingerprint density at radius 3 is 2.55 bits per heavy atom. The number of nitrogens with zero attached hydrogens (tertiary/aromatic N) is 3. The first-order chi connectivity index (χ1) is 9.47. The lowest BCUT2D eigenvalue weighted by Crippen LogP contribution is -2.50. The van der Waals surface area contributed by atoms with Gasteiger partial charge in [0.15, 0.2) is 0 Å². The highest BCUT2D eigenvalue weighted by Gasteiger charge is 2.28. The summed E-state index contributed by atoms with van der Waals surface area (Å²) in [6.45, 7) is 6.90. The second-order valence-corrected chi connectivity index (χ2v) is 6.08. The number of piperazine rings is 1. The van der Waals surface area contributed by atoms with E-state index in [1.165, 1.54) is 6.92 Å². The zero-order valence-electron chi connectivity index (χ0n) is 11.7. The van der Waals surface area contributed by atoms with E-state index < -0.39 is 11.9 Å². The lowest BCUT2D eigenvalue weighted by molar-refractivity contribution is -0.151. The highest BCUT2D eigenvalue weighted by atomic mass is 32.1. The van der Waals surface area contributed by atoms with E-state index in [0.29, 0.717) is 13.1 Å². The van der Waals surface area contributed by atoms with Crippen LogP contribution in [-0.2, 0) is 16.1 Å². The lowest BCUT2D eigenvalue weighted by Gasteiger charge is -2.35. The van der Waals surface area contributed by atoms with Crippen LogP contribution in [0.1, 0.15) is 17.6 Å². The van der Waals surface area contributed by atoms with Crippen molar-refractivity contribution in [2.75, 3.05) is 26.2 Å². The highest BCUT2D eigenvalue weighted by Crippen LogP contribution is 2.13. The van der Waals surface area contributed by atoms with Crippen LogP contribution in [0.5, 0.6) is 0 Å². The maximum Gasteiger partial charge on any atom is 0.315 e. The molecule has 0 aromatic carbocycles. The fourth-order valence-electron chi connectivity index (χ4n) is 2.22. The number of amides is 1. The smallest absolute Gasteiger partial charge is 0.315 e. The molecule has 1 aliphatic rings. The second kappa shape index (κ2) is 6.32. The lowest BCUT2D eigenvalue weighted by atomic mass is 10.1. The molecule has 2 heterocycles. The maximum atomic E-state index is 11.9. The van der Waals surface area contributed by atoms with Crippen molar-refractivity contribution < 1.29 is 14.7 Å². The Labute approximate surface area is 122 Å². The predicted molar refractivity (Wildman–Crippen MR) is 75.5 cm³/mol. The molecule has 0 bridgehead atoms. The van der Waals surface area contributed by atoms with Crippen molar-refractivity contribution in [2.24, 2.45) is 5.92 Å². The van der Waals surface area contributed by atoms with Crippen LogP contribution in [0.25, 0.3) is 0 Å². The van der Waals surface area contributed by atoms with Crippen LogP contribution in [0.15, 0.2) is 5.38 Å². The van der Waals surface area contributed by atoms with Gasteiger partial charge in [0.05, 0.1) is 10.7 Å². The van der Waals surface area contributed by atoms with Crippen molar-refractivity contribution >= 4 is 23.2 Å². The van der Waals surface area contributed by atoms with Crippen LogP contribution in [0.2, 0.25) is 0 Å². The Balaban J connectivity index is 1.83. The zero-order chi connectivity index (χ0) is 14.7. The normalized spacial score (nSPS) is 18.0. The monoisotopic (exact) mass is 297 g/mol. The van der Waals surface area contributed by atoms with Gasteiger partial charge in [0.2, 0.25) is 5.91 Å². The number of thiazole rings is 1. The summed E-state index contributed by atoms with van der Waals surface area (Å²) < 4.78 is 0. The van der Waals surface area contributed by atoms with Crippen molar-refractivity contribution in [1.82, 2.24) is 14.8 Å². The summed E-state index contributed by atoms with van der Waals surface area (Å²) in [5.41, 5.74) is 1.06. The minimum atomic E-state index is -1.06. The van der Waals surface area contributed by atoms with E-state index in [-0.39, 0.29) is 5.91 Å². The van der Waals surface area contributed by atoms with Gasteiger partial charge < -0.3 is 10.0 Å². The number of aliphatic carboxylic acids is 1. The molecule has 0 aliphatic carbocycles. The Hall–Kier alpha value is -1.47. The van der Waals surface area contributed by atoms with E-state index in [9.17, 15) is 9.59 Å². The standard InChI is InChI=1S/C13H19N3O3S/c1-9(13(18)19)12(17)16-5-3-15(4-6-16)7-11-8-20-10(2)14-11/h8-9H,3-7H2,1-2H3,(H,18,19). The number of rotatable bonds is 4. The molecule has 0 spiro atoms. The number of carboxylic acids is 1. The van der Waals surface area contributed by atoms with E-state index in [0.717, 1.165) is 30.3 Å². The summed E-state index contributed by atoms with van der Waals surface area (Å²) in [5.74, 6) is -2.31. The molecule has 1 amide bonds. The Morgan fingerprint density at radius 1 is 1.40 bits per heavy atom. The van der Waals surface area contributed by atoms with Gasteiger partial charge in [-0.05, 0) is 13.8 Å². The highest BCUT2D eigenvalue weighted by molar-refractivity contribution is 7.09. The minimum Gasteiger partial charge on any atom is -0.481 e. The van der Waals surface area contributed by atoms with Crippen LogP contribution in [0.3, 0.4) is 0 Å². The molecule has 0 saturated carbocycles. The van der Waals surface area contributed by atoms with Crippen LogP contribution < -0.4 is 0 Å². The number of aryl methyl sites for hydroxylation is 1. The number of carbonyl (C=O) groups excluding carboxylic acids is 1. The molecule has 1 aromatic rings. The van der Waals surface area contributed by atoms with Gasteiger partial charge in [-0.25, -0.2) is 4.98 Å². The number of carboxylic acid groups (broad SMARTS) is 1. The number of aromatic nitrogens is 1. The maximum absolute atomic E-state index is 11.9. The summed E-state index contributed by atoms with van der Waals surface area (Å²) in [4.78, 5) is 31.1. The first-order valence-electron chi connectivity index (χ1n) is 6.62. The van der Waals surface area contributed by atoms with E-state index in [4.69, 9.17) is 5.11 Å². The summed E-state index contributed by atoms with van der Waals surface area (Å²) in [7, 11) is 0. The molecule has 1 fully saturated rings. The van der Waals surface area contributed by atoms with E-state index in [1.54, 1.807) is 16.2 Å². The molecule has 0 radical (unpaired) electrons. The van der Waals surface area contributed by atoms with Gasteiger partial charge in [0.25, 0.3) is 0 Å². The van der Waals surface area contributed by atoms with E-state index >= 15 is 0 Å². The average Bonchev–Trinajstić information content (AvgIpc) is 2.83. The molecular weight excluding hydrogens is 278 g/mol. The van der Waals surface area contributed by atoms with Crippen LogP contribution in [-0.4, -0.2) is 57.9 Å². The zero-order valence-corrected chi connectivity index (χ0v) is 12.5. The molecular formula is C13H19N3O3S. The Morgan fingerprint density at radius 2 is 2.05 bits per heavy atom. The SMILES string of the molecule is Cc1nc(CN2CCN(C(=O)C(C)C(=O)O)CC2)cs1. The fourth-order valence-corrected chi connectivity index (χ4v) is 2.82. The molecule has 6 nitrogen and oxygen atoms in total. The van der Waals surface area contributed by atoms with Crippen LogP contribution in [0, 0.1) is 12.8 Å². The summed E-state index contributed by atoms with van der Waals surface area (Å²) in [5, 5.41) is 12.0. The number of carbonyl (C=O) groups is 2. The number of hydrogen-bond donors (Lipinski definition) is 1. The van der Waals surface area contributed by atoms with Crippen LogP contribution in [0.4, 0.5) is 0 Å². The quantitative estimate of drug-likeness (QED) is 0.833. The van der Waals surface area contributed by atoms with Gasteiger partial charge in [-0.15, -0.1) is 11.3 Å². The Bertz CT molecular complexity index is 495. The molecule has 1 N–H and O–H groups in total. The van der Waals surface area contributed by atoms with Gasteiger partial charge in [-0.3, -0.25) is 14.5 Å². The van der Waals surface area contributed by atoms with E-state index in [1.807, 2.05) is 6.92 Å². The van der Waals surface area contributed by atoms with Crippen molar-refractivity contribution in [3.05, 3.63) is 16.1 Å². The first-order valence-corrected chi connectivity index (χ1v) is 7.50. The molecule has 1 aliphatic heterocycles. The number of hydrogen-bond acceptors (Lipinski definition) is 5. The topological polar surface area (TPSA) is 73.7 Å². The third-order valence-electron chi connectivity index (χ3n) is 3.48. The molecule has 1 aromatic heterocycles. The molecule has 20 heavy (non-hydrogen) atoms. The minimum absolute atomic E-state index is 0.290. The molecule has 1 atom stereocenters. The van der Waals surface area contributed by atoms with Gasteiger partial charge in [0, 0.05) is 38.1 Å². The predicted octanol–water partition coefficient (Wildman–Crippen LogP) is 0.816. The summed E-state index contributed by atoms with van der Waals surface area (Å²) in [6.07, 6.45) is 0. The van der Waals surface area contributed by atoms with Crippen molar-refractivity contribution in [2.45, 2.75) is 20.4 Å². The largest absolute Gasteiger partial charge is 0.481 e. The van der Waals surface area contributed by atoms with Crippen molar-refractivity contribution in [1.29, 1.82) is 0 Å². The molecule has 1 unspecified atom stereocenters. The van der Waals surface area contributed by atoms with Gasteiger partial charge in [0.1, 0.15) is 5.92 Å².